The van der Waals surface area contributed by atoms with Crippen molar-refractivity contribution in [1.29, 1.82) is 0 Å². The van der Waals surface area contributed by atoms with Crippen LogP contribution in [0.1, 0.15) is 38.8 Å². The molecule has 1 amide bonds. The Morgan fingerprint density at radius 3 is 2.39 bits per heavy atom. The van der Waals surface area contributed by atoms with Crippen LogP contribution in [0.2, 0.25) is 23.3 Å². The Kier molecular flexibility index (Phi) is 9.57. The molecule has 2 aromatic carbocycles. The minimum absolute atomic E-state index is 0.0525. The number of pyridine rings is 1. The molecule has 0 spiro atoms. The van der Waals surface area contributed by atoms with Crippen molar-refractivity contribution in [3.05, 3.63) is 63.2 Å². The van der Waals surface area contributed by atoms with Gasteiger partial charge < -0.3 is 19.8 Å². The highest BCUT2D eigenvalue weighted by atomic mass is 79.9. The zero-order valence-corrected chi connectivity index (χ0v) is 25.1. The molecule has 0 fully saturated rings. The molecule has 0 aliphatic carbocycles. The highest BCUT2D eigenvalue weighted by Crippen LogP contribution is 2.38. The summed E-state index contributed by atoms with van der Waals surface area (Å²) in [5.74, 6) is -0.286. The lowest BCUT2D eigenvalue weighted by molar-refractivity contribution is -0.120. The molecule has 0 aliphatic heterocycles. The van der Waals surface area contributed by atoms with Crippen LogP contribution in [-0.4, -0.2) is 32.4 Å². The van der Waals surface area contributed by atoms with Gasteiger partial charge in [0.2, 0.25) is 0 Å². The molecular weight excluding hydrogens is 558 g/mol. The van der Waals surface area contributed by atoms with Gasteiger partial charge in [-0.1, -0.05) is 72.6 Å². The van der Waals surface area contributed by atoms with Gasteiger partial charge >= 0.3 is 0 Å². The fraction of sp³-hybridized carbons (Fsp3) is 0.407. The lowest BCUT2D eigenvalue weighted by Gasteiger charge is -2.36. The molecule has 0 saturated carbocycles. The van der Waals surface area contributed by atoms with E-state index in [0.717, 1.165) is 26.5 Å². The van der Waals surface area contributed by atoms with Gasteiger partial charge in [0.25, 0.3) is 5.91 Å². The second-order valence-corrected chi connectivity index (χ2v) is 16.3. The number of carbonyl (C=O) groups excluding carboxylic acids is 1. The number of carbonyl (C=O) groups is 1. The van der Waals surface area contributed by atoms with Crippen LogP contribution in [0.25, 0.3) is 10.9 Å². The summed E-state index contributed by atoms with van der Waals surface area (Å²) in [4.78, 5) is 16.9. The van der Waals surface area contributed by atoms with Gasteiger partial charge in [-0.05, 0) is 54.4 Å². The van der Waals surface area contributed by atoms with Gasteiger partial charge in [-0.3, -0.25) is 4.79 Å². The lowest BCUT2D eigenvalue weighted by Crippen LogP contribution is -2.40. The van der Waals surface area contributed by atoms with Gasteiger partial charge in [-0.15, -0.1) is 0 Å². The molecular formula is C27H35BrClN3O3Si. The first-order chi connectivity index (χ1) is 16.9. The summed E-state index contributed by atoms with van der Waals surface area (Å²) < 4.78 is 12.5. The van der Waals surface area contributed by atoms with Crippen LogP contribution in [0.15, 0.2) is 46.9 Å². The molecule has 0 saturated heterocycles. The Labute approximate surface area is 228 Å². The van der Waals surface area contributed by atoms with E-state index < -0.39 is 8.32 Å². The molecule has 0 atom stereocenters. The molecule has 0 radical (unpaired) electrons. The van der Waals surface area contributed by atoms with E-state index in [2.05, 4.69) is 89.7 Å². The summed E-state index contributed by atoms with van der Waals surface area (Å²) in [5, 5.41) is 7.58. The Balaban J connectivity index is 1.80. The summed E-state index contributed by atoms with van der Waals surface area (Å²) in [5.41, 5.74) is 4.12. The molecule has 3 rings (SSSR count). The zero-order chi connectivity index (χ0) is 26.5. The quantitative estimate of drug-likeness (QED) is 0.186. The highest BCUT2D eigenvalue weighted by Gasteiger charge is 2.37. The maximum absolute atomic E-state index is 12.4. The van der Waals surface area contributed by atoms with Crippen molar-refractivity contribution in [3.63, 3.8) is 0 Å². The SMILES string of the molecule is CCOCC(=O)Nc1c(Cl)nc2cc(Br)ccc2c1NCc1ccc(CO[Si](C)(C)C(C)(C)C)cc1. The van der Waals surface area contributed by atoms with Gasteiger partial charge in [-0.2, -0.15) is 0 Å². The van der Waals surface area contributed by atoms with Crippen LogP contribution >= 0.6 is 27.5 Å². The van der Waals surface area contributed by atoms with Crippen LogP contribution in [-0.2, 0) is 27.1 Å². The number of hydrogen-bond acceptors (Lipinski definition) is 5. The van der Waals surface area contributed by atoms with Crippen molar-refractivity contribution < 1.29 is 14.0 Å². The number of amides is 1. The Morgan fingerprint density at radius 1 is 1.08 bits per heavy atom. The van der Waals surface area contributed by atoms with Crippen molar-refractivity contribution >= 4 is 64.0 Å². The van der Waals surface area contributed by atoms with E-state index >= 15 is 0 Å². The second kappa shape index (κ2) is 12.0. The maximum Gasteiger partial charge on any atom is 0.250 e. The number of rotatable bonds is 10. The molecule has 1 heterocycles. The average molecular weight is 593 g/mol. The normalized spacial score (nSPS) is 12.1. The third-order valence-electron chi connectivity index (χ3n) is 6.50. The van der Waals surface area contributed by atoms with Crippen LogP contribution in [0, 0.1) is 0 Å². The number of nitrogens with zero attached hydrogens (tertiary/aromatic N) is 1. The third-order valence-corrected chi connectivity index (χ3v) is 11.7. The molecule has 0 unspecified atom stereocenters. The molecule has 6 nitrogen and oxygen atoms in total. The van der Waals surface area contributed by atoms with E-state index in [9.17, 15) is 4.79 Å². The number of ether oxygens (including phenoxy) is 1. The molecule has 9 heteroatoms. The van der Waals surface area contributed by atoms with Gasteiger partial charge in [0.05, 0.1) is 17.8 Å². The van der Waals surface area contributed by atoms with Crippen molar-refractivity contribution in [2.24, 2.45) is 0 Å². The Bertz CT molecular complexity index is 1210. The number of halogens is 2. The topological polar surface area (TPSA) is 72.5 Å². The number of benzene rings is 2. The third kappa shape index (κ3) is 7.29. The van der Waals surface area contributed by atoms with Crippen LogP contribution < -0.4 is 10.6 Å². The van der Waals surface area contributed by atoms with E-state index in [-0.39, 0.29) is 22.7 Å². The first kappa shape index (κ1) is 28.6. The van der Waals surface area contributed by atoms with Crippen molar-refractivity contribution in [1.82, 2.24) is 4.98 Å². The van der Waals surface area contributed by atoms with Crippen molar-refractivity contribution in [2.75, 3.05) is 23.8 Å². The first-order valence-corrected chi connectivity index (χ1v) is 16.1. The molecule has 36 heavy (non-hydrogen) atoms. The monoisotopic (exact) mass is 591 g/mol. The standard InChI is InChI=1S/C27H35BrClN3O3Si/c1-7-34-17-23(33)32-25-24(21-13-12-20(28)14-22(21)31-26(25)29)30-15-18-8-10-19(11-9-18)16-35-36(5,6)27(2,3)4/h8-14H,7,15-17H2,1-6H3,(H,30,31)(H,32,33). The average Bonchev–Trinajstić information content (AvgIpc) is 2.81. The van der Waals surface area contributed by atoms with E-state index in [1.165, 1.54) is 0 Å². The largest absolute Gasteiger partial charge is 0.413 e. The molecule has 194 valence electrons. The van der Waals surface area contributed by atoms with Gasteiger partial charge in [0, 0.05) is 23.0 Å². The van der Waals surface area contributed by atoms with E-state index in [4.69, 9.17) is 20.8 Å². The van der Waals surface area contributed by atoms with Gasteiger partial charge in [-0.25, -0.2) is 4.98 Å². The smallest absolute Gasteiger partial charge is 0.250 e. The number of nitrogens with one attached hydrogen (secondary N) is 2. The molecule has 0 bridgehead atoms. The maximum atomic E-state index is 12.4. The summed E-state index contributed by atoms with van der Waals surface area (Å²) in [6, 6.07) is 14.2. The van der Waals surface area contributed by atoms with Crippen molar-refractivity contribution in [3.8, 4) is 0 Å². The Hall–Kier alpha value is -1.97. The zero-order valence-electron chi connectivity index (χ0n) is 21.8. The summed E-state index contributed by atoms with van der Waals surface area (Å²) in [6.07, 6.45) is 0. The van der Waals surface area contributed by atoms with E-state index in [1.807, 2.05) is 25.1 Å². The van der Waals surface area contributed by atoms with Crippen LogP contribution in [0.5, 0.6) is 0 Å². The van der Waals surface area contributed by atoms with Crippen LogP contribution in [0.4, 0.5) is 11.4 Å². The molecule has 0 aliphatic rings. The van der Waals surface area contributed by atoms with E-state index in [1.54, 1.807) is 0 Å². The van der Waals surface area contributed by atoms with Crippen molar-refractivity contribution in [2.45, 2.75) is 59.0 Å². The number of hydrogen-bond donors (Lipinski definition) is 2. The minimum Gasteiger partial charge on any atom is -0.413 e. The number of anilines is 2. The molecule has 2 N–H and O–H groups in total. The predicted molar refractivity (Wildman–Crippen MR) is 155 cm³/mol. The molecule has 3 aromatic rings. The highest BCUT2D eigenvalue weighted by molar-refractivity contribution is 9.10. The lowest BCUT2D eigenvalue weighted by atomic mass is 10.1. The summed E-state index contributed by atoms with van der Waals surface area (Å²) in [7, 11) is -1.80. The predicted octanol–water partition coefficient (Wildman–Crippen LogP) is 7.76. The van der Waals surface area contributed by atoms with Gasteiger partial charge in [0.1, 0.15) is 12.3 Å². The minimum atomic E-state index is -1.80. The number of aromatic nitrogens is 1. The summed E-state index contributed by atoms with van der Waals surface area (Å²) >= 11 is 10.0. The summed E-state index contributed by atoms with van der Waals surface area (Å²) in [6.45, 7) is 14.7. The van der Waals surface area contributed by atoms with Crippen LogP contribution in [0.3, 0.4) is 0 Å². The van der Waals surface area contributed by atoms with E-state index in [0.29, 0.717) is 31.1 Å². The van der Waals surface area contributed by atoms with Gasteiger partial charge in [0.15, 0.2) is 13.5 Å². The second-order valence-electron chi connectivity index (χ2n) is 10.2. The fourth-order valence-corrected chi connectivity index (χ4v) is 4.84. The number of fused-ring (bicyclic) bond motifs is 1. The first-order valence-electron chi connectivity index (χ1n) is 12.0. The fourth-order valence-electron chi connectivity index (χ4n) is 3.30. The molecule has 1 aromatic heterocycles. The Morgan fingerprint density at radius 2 is 1.75 bits per heavy atom.